The van der Waals surface area contributed by atoms with Gasteiger partial charge in [-0.15, -0.1) is 0 Å². The molecule has 0 aromatic heterocycles. The number of carbonyl (C=O) groups excluding carboxylic acids is 2. The largest absolute Gasteiger partial charge is 0.507 e. The number of benzene rings is 1. The Balaban J connectivity index is 1.94. The fourth-order valence-corrected chi connectivity index (χ4v) is 2.17. The number of carbonyl (C=O) groups is 2. The Kier molecular flexibility index (Phi) is 4.04. The third-order valence-electron chi connectivity index (χ3n) is 3.34. The van der Waals surface area contributed by atoms with Crippen LogP contribution in [0.25, 0.3) is 0 Å². The van der Waals surface area contributed by atoms with Crippen LogP contribution in [-0.2, 0) is 4.79 Å². The summed E-state index contributed by atoms with van der Waals surface area (Å²) in [6.45, 7) is 3.24. The summed E-state index contributed by atoms with van der Waals surface area (Å²) in [6, 6.07) is 4.96. The zero-order valence-electron chi connectivity index (χ0n) is 11.0. The van der Waals surface area contributed by atoms with Crippen LogP contribution in [0.5, 0.6) is 5.75 Å². The van der Waals surface area contributed by atoms with Crippen LogP contribution in [0.1, 0.15) is 28.8 Å². The summed E-state index contributed by atoms with van der Waals surface area (Å²) >= 11 is 0. The first-order chi connectivity index (χ1) is 9.09. The highest BCUT2D eigenvalue weighted by molar-refractivity contribution is 5.99. The van der Waals surface area contributed by atoms with Gasteiger partial charge in [0.15, 0.2) is 0 Å². The van der Waals surface area contributed by atoms with Crippen molar-refractivity contribution in [1.29, 1.82) is 0 Å². The van der Waals surface area contributed by atoms with E-state index >= 15 is 0 Å². The van der Waals surface area contributed by atoms with E-state index < -0.39 is 5.91 Å². The second kappa shape index (κ2) is 5.73. The number of hydrogen-bond acceptors (Lipinski definition) is 3. The predicted molar refractivity (Wildman–Crippen MR) is 71.0 cm³/mol. The topological polar surface area (TPSA) is 69.6 Å². The molecule has 0 saturated carbocycles. The van der Waals surface area contributed by atoms with Gasteiger partial charge in [0.2, 0.25) is 5.91 Å². The van der Waals surface area contributed by atoms with Crippen molar-refractivity contribution in [3.63, 3.8) is 0 Å². The molecule has 102 valence electrons. The number of hydrogen-bond donors (Lipinski definition) is 2. The van der Waals surface area contributed by atoms with Crippen molar-refractivity contribution in [2.75, 3.05) is 19.6 Å². The zero-order chi connectivity index (χ0) is 13.8. The van der Waals surface area contributed by atoms with Crippen molar-refractivity contribution >= 4 is 11.8 Å². The number of phenols is 1. The fraction of sp³-hybridized carbons (Fsp3) is 0.429. The van der Waals surface area contributed by atoms with Gasteiger partial charge < -0.3 is 15.3 Å². The lowest BCUT2D eigenvalue weighted by Crippen LogP contribution is -2.38. The lowest BCUT2D eigenvalue weighted by atomic mass is 10.1. The van der Waals surface area contributed by atoms with Gasteiger partial charge in [0.05, 0.1) is 12.1 Å². The Hall–Kier alpha value is -2.04. The van der Waals surface area contributed by atoms with Crippen molar-refractivity contribution in [1.82, 2.24) is 10.2 Å². The molecule has 5 nitrogen and oxygen atoms in total. The maximum atomic E-state index is 11.9. The van der Waals surface area contributed by atoms with Crippen LogP contribution in [0.3, 0.4) is 0 Å². The Bertz CT molecular complexity index is 493. The third kappa shape index (κ3) is 3.05. The number of amides is 2. The molecule has 0 aliphatic carbocycles. The van der Waals surface area contributed by atoms with Crippen molar-refractivity contribution in [3.8, 4) is 5.75 Å². The maximum absolute atomic E-state index is 11.9. The quantitative estimate of drug-likeness (QED) is 0.855. The Labute approximate surface area is 112 Å². The predicted octanol–water partition coefficient (Wildman–Crippen LogP) is 1.05. The van der Waals surface area contributed by atoms with E-state index in [0.29, 0.717) is 5.56 Å². The Morgan fingerprint density at radius 1 is 1.32 bits per heavy atom. The van der Waals surface area contributed by atoms with Crippen LogP contribution < -0.4 is 5.32 Å². The van der Waals surface area contributed by atoms with Crippen LogP contribution in [-0.4, -0.2) is 41.5 Å². The third-order valence-corrected chi connectivity index (χ3v) is 3.34. The molecule has 2 amide bonds. The second-order valence-electron chi connectivity index (χ2n) is 4.74. The molecule has 0 spiro atoms. The summed E-state index contributed by atoms with van der Waals surface area (Å²) in [6.07, 6.45) is 2.05. The molecule has 1 heterocycles. The number of nitrogens with zero attached hydrogens (tertiary/aromatic N) is 1. The molecule has 1 saturated heterocycles. The monoisotopic (exact) mass is 262 g/mol. The van der Waals surface area contributed by atoms with Crippen LogP contribution in [0.4, 0.5) is 0 Å². The van der Waals surface area contributed by atoms with Gasteiger partial charge in [-0.3, -0.25) is 9.59 Å². The highest BCUT2D eigenvalue weighted by atomic mass is 16.3. The van der Waals surface area contributed by atoms with Gasteiger partial charge in [-0.1, -0.05) is 12.1 Å². The molecule has 19 heavy (non-hydrogen) atoms. The second-order valence-corrected chi connectivity index (χ2v) is 4.74. The number of rotatable bonds is 3. The van der Waals surface area contributed by atoms with Gasteiger partial charge in [0.1, 0.15) is 5.75 Å². The van der Waals surface area contributed by atoms with E-state index in [1.54, 1.807) is 24.0 Å². The number of aromatic hydroxyl groups is 1. The highest BCUT2D eigenvalue weighted by Gasteiger charge is 2.19. The molecule has 1 aromatic rings. The van der Waals surface area contributed by atoms with Gasteiger partial charge in [0, 0.05) is 13.1 Å². The molecule has 2 rings (SSSR count). The van der Waals surface area contributed by atoms with Crippen LogP contribution >= 0.6 is 0 Å². The van der Waals surface area contributed by atoms with Gasteiger partial charge in [-0.2, -0.15) is 0 Å². The number of aryl methyl sites for hydroxylation is 1. The van der Waals surface area contributed by atoms with Crippen LogP contribution in [0.15, 0.2) is 18.2 Å². The molecular weight excluding hydrogens is 244 g/mol. The van der Waals surface area contributed by atoms with Crippen LogP contribution in [0, 0.1) is 6.92 Å². The van der Waals surface area contributed by atoms with Crippen LogP contribution in [0.2, 0.25) is 0 Å². The standard InChI is InChI=1S/C14H18N2O3/c1-10-5-4-6-11(13(10)18)14(19)15-9-12(17)16-7-2-3-8-16/h4-6,18H,2-3,7-9H2,1H3,(H,15,19). The minimum absolute atomic E-state index is 0.0216. The average Bonchev–Trinajstić information content (AvgIpc) is 2.93. The molecule has 1 aliphatic heterocycles. The number of para-hydroxylation sites is 1. The molecule has 2 N–H and O–H groups in total. The summed E-state index contributed by atoms with van der Waals surface area (Å²) in [5.74, 6) is -0.527. The molecule has 0 bridgehead atoms. The van der Waals surface area contributed by atoms with Crippen molar-refractivity contribution in [2.45, 2.75) is 19.8 Å². The minimum atomic E-state index is -0.422. The minimum Gasteiger partial charge on any atom is -0.507 e. The Morgan fingerprint density at radius 3 is 2.68 bits per heavy atom. The van der Waals surface area contributed by atoms with E-state index in [2.05, 4.69) is 5.32 Å². The van der Waals surface area contributed by atoms with E-state index in [1.165, 1.54) is 6.07 Å². The van der Waals surface area contributed by atoms with Crippen molar-refractivity contribution in [2.24, 2.45) is 0 Å². The molecule has 0 radical (unpaired) electrons. The van der Waals surface area contributed by atoms with Gasteiger partial charge in [-0.05, 0) is 31.4 Å². The lowest BCUT2D eigenvalue weighted by Gasteiger charge is -2.15. The van der Waals surface area contributed by atoms with E-state index in [0.717, 1.165) is 25.9 Å². The number of phenolic OH excluding ortho intramolecular Hbond substituents is 1. The molecule has 1 aliphatic rings. The first-order valence-electron chi connectivity index (χ1n) is 6.44. The highest BCUT2D eigenvalue weighted by Crippen LogP contribution is 2.20. The summed E-state index contributed by atoms with van der Waals surface area (Å²) in [4.78, 5) is 25.4. The average molecular weight is 262 g/mol. The van der Waals surface area contributed by atoms with Crippen molar-refractivity contribution < 1.29 is 14.7 Å². The van der Waals surface area contributed by atoms with Gasteiger partial charge in [-0.25, -0.2) is 0 Å². The summed E-state index contributed by atoms with van der Waals surface area (Å²) in [5, 5.41) is 12.3. The molecule has 0 unspecified atom stereocenters. The lowest BCUT2D eigenvalue weighted by molar-refractivity contribution is -0.129. The molecule has 5 heteroatoms. The molecule has 1 aromatic carbocycles. The van der Waals surface area contributed by atoms with Gasteiger partial charge >= 0.3 is 0 Å². The van der Waals surface area contributed by atoms with E-state index in [1.807, 2.05) is 0 Å². The first-order valence-corrected chi connectivity index (χ1v) is 6.44. The van der Waals surface area contributed by atoms with E-state index in [4.69, 9.17) is 0 Å². The smallest absolute Gasteiger partial charge is 0.255 e. The molecule has 0 atom stereocenters. The first kappa shape index (κ1) is 13.4. The zero-order valence-corrected chi connectivity index (χ0v) is 11.0. The normalized spacial score (nSPS) is 14.5. The van der Waals surface area contributed by atoms with E-state index in [9.17, 15) is 14.7 Å². The fourth-order valence-electron chi connectivity index (χ4n) is 2.17. The SMILES string of the molecule is Cc1cccc(C(=O)NCC(=O)N2CCCC2)c1O. The van der Waals surface area contributed by atoms with E-state index in [-0.39, 0.29) is 23.8 Å². The summed E-state index contributed by atoms with van der Waals surface area (Å²) in [7, 11) is 0. The summed E-state index contributed by atoms with van der Waals surface area (Å²) in [5.41, 5.74) is 0.841. The molecular formula is C14H18N2O3. The number of likely N-dealkylation sites (tertiary alicyclic amines) is 1. The van der Waals surface area contributed by atoms with Crippen molar-refractivity contribution in [3.05, 3.63) is 29.3 Å². The van der Waals surface area contributed by atoms with Gasteiger partial charge in [0.25, 0.3) is 5.91 Å². The number of nitrogens with one attached hydrogen (secondary N) is 1. The maximum Gasteiger partial charge on any atom is 0.255 e. The molecule has 1 fully saturated rings. The summed E-state index contributed by atoms with van der Waals surface area (Å²) < 4.78 is 0. The Morgan fingerprint density at radius 2 is 2.00 bits per heavy atom.